The predicted molar refractivity (Wildman–Crippen MR) is 81.2 cm³/mol. The van der Waals surface area contributed by atoms with Gasteiger partial charge in [-0.15, -0.1) is 0 Å². The lowest BCUT2D eigenvalue weighted by molar-refractivity contribution is -0.163. The summed E-state index contributed by atoms with van der Waals surface area (Å²) in [6.07, 6.45) is 2.93. The fourth-order valence-electron chi connectivity index (χ4n) is 1.64. The van der Waals surface area contributed by atoms with E-state index in [1.165, 1.54) is 27.2 Å². The van der Waals surface area contributed by atoms with Crippen LogP contribution in [0.5, 0.6) is 5.75 Å². The second-order valence-corrected chi connectivity index (χ2v) is 4.54. The van der Waals surface area contributed by atoms with Crippen molar-refractivity contribution in [1.29, 1.82) is 0 Å². The van der Waals surface area contributed by atoms with Gasteiger partial charge in [0.1, 0.15) is 5.75 Å². The van der Waals surface area contributed by atoms with E-state index in [2.05, 4.69) is 20.9 Å². The number of rotatable bonds is 5. The van der Waals surface area contributed by atoms with Crippen LogP contribution in [-0.4, -0.2) is 33.3 Å². The SMILES string of the molecule is COC(=O)C(C)(C=C=C=Cc1ccc(OC)cc1)C(=O)OC. The topological polar surface area (TPSA) is 61.8 Å². The summed E-state index contributed by atoms with van der Waals surface area (Å²) in [4.78, 5) is 23.4. The lowest BCUT2D eigenvalue weighted by Gasteiger charge is -2.18. The summed E-state index contributed by atoms with van der Waals surface area (Å²) in [5.74, 6) is -0.697. The summed E-state index contributed by atoms with van der Waals surface area (Å²) in [6, 6.07) is 7.30. The second-order valence-electron chi connectivity index (χ2n) is 4.54. The van der Waals surface area contributed by atoms with Gasteiger partial charge >= 0.3 is 11.9 Å². The van der Waals surface area contributed by atoms with Gasteiger partial charge in [0.2, 0.25) is 0 Å². The molecule has 0 unspecified atom stereocenters. The maximum atomic E-state index is 11.7. The quantitative estimate of drug-likeness (QED) is 0.475. The van der Waals surface area contributed by atoms with Gasteiger partial charge in [0.05, 0.1) is 21.3 Å². The summed E-state index contributed by atoms with van der Waals surface area (Å²) in [5.41, 5.74) is 4.76. The first kappa shape index (κ1) is 17.3. The van der Waals surface area contributed by atoms with Gasteiger partial charge in [-0.1, -0.05) is 23.6 Å². The van der Waals surface area contributed by atoms with Crippen LogP contribution in [0, 0.1) is 5.41 Å². The Kier molecular flexibility index (Phi) is 6.21. The van der Waals surface area contributed by atoms with Crippen LogP contribution in [0.25, 0.3) is 6.08 Å². The van der Waals surface area contributed by atoms with Crippen LogP contribution in [0.3, 0.4) is 0 Å². The largest absolute Gasteiger partial charge is 0.497 e. The zero-order chi connectivity index (χ0) is 16.6. The molecule has 1 aromatic rings. The van der Waals surface area contributed by atoms with E-state index in [9.17, 15) is 9.59 Å². The Bertz CT molecular complexity index is 614. The first-order valence-corrected chi connectivity index (χ1v) is 6.47. The molecule has 0 aliphatic heterocycles. The molecular weight excluding hydrogens is 284 g/mol. The van der Waals surface area contributed by atoms with E-state index in [4.69, 9.17) is 4.74 Å². The third kappa shape index (κ3) is 4.13. The molecule has 0 atom stereocenters. The maximum absolute atomic E-state index is 11.7. The summed E-state index contributed by atoms with van der Waals surface area (Å²) in [6.45, 7) is 1.40. The van der Waals surface area contributed by atoms with Crippen molar-refractivity contribution in [3.05, 3.63) is 47.4 Å². The lowest BCUT2D eigenvalue weighted by Crippen LogP contribution is -2.36. The minimum atomic E-state index is -1.55. The van der Waals surface area contributed by atoms with E-state index in [1.807, 2.05) is 24.3 Å². The summed E-state index contributed by atoms with van der Waals surface area (Å²) >= 11 is 0. The summed E-state index contributed by atoms with van der Waals surface area (Å²) in [7, 11) is 4.00. The molecule has 1 rings (SSSR count). The van der Waals surface area contributed by atoms with Gasteiger partial charge in [-0.2, -0.15) is 0 Å². The molecule has 0 radical (unpaired) electrons. The van der Waals surface area contributed by atoms with Crippen LogP contribution >= 0.6 is 0 Å². The monoisotopic (exact) mass is 302 g/mol. The Hall–Kier alpha value is -2.74. The van der Waals surface area contributed by atoms with Gasteiger partial charge in [0, 0.05) is 0 Å². The van der Waals surface area contributed by atoms with Crippen molar-refractivity contribution in [2.75, 3.05) is 21.3 Å². The molecule has 116 valence electrons. The van der Waals surface area contributed by atoms with Crippen molar-refractivity contribution < 1.29 is 23.8 Å². The van der Waals surface area contributed by atoms with Gasteiger partial charge < -0.3 is 14.2 Å². The molecule has 0 saturated heterocycles. The van der Waals surface area contributed by atoms with Gasteiger partial charge in [0.25, 0.3) is 0 Å². The van der Waals surface area contributed by atoms with Crippen LogP contribution in [0.15, 0.2) is 41.8 Å². The molecule has 22 heavy (non-hydrogen) atoms. The number of methoxy groups -OCH3 is 3. The fourth-order valence-corrected chi connectivity index (χ4v) is 1.64. The van der Waals surface area contributed by atoms with E-state index in [0.29, 0.717) is 0 Å². The van der Waals surface area contributed by atoms with Crippen molar-refractivity contribution in [1.82, 2.24) is 0 Å². The minimum absolute atomic E-state index is 0.724. The minimum Gasteiger partial charge on any atom is -0.497 e. The first-order valence-electron chi connectivity index (χ1n) is 6.47. The molecule has 0 saturated carbocycles. The van der Waals surface area contributed by atoms with Gasteiger partial charge in [-0.25, -0.2) is 0 Å². The van der Waals surface area contributed by atoms with Crippen LogP contribution in [0.4, 0.5) is 0 Å². The number of hydrogen-bond acceptors (Lipinski definition) is 5. The first-order chi connectivity index (χ1) is 10.5. The number of carbonyl (C=O) groups excluding carboxylic acids is 2. The van der Waals surface area contributed by atoms with E-state index in [1.54, 1.807) is 13.2 Å². The number of benzene rings is 1. The number of carbonyl (C=O) groups is 2. The molecule has 0 fully saturated rings. The van der Waals surface area contributed by atoms with Crippen molar-refractivity contribution in [2.24, 2.45) is 5.41 Å². The molecule has 0 aromatic heterocycles. The van der Waals surface area contributed by atoms with Crippen molar-refractivity contribution in [3.8, 4) is 5.75 Å². The highest BCUT2D eigenvalue weighted by Gasteiger charge is 2.41. The van der Waals surface area contributed by atoms with Crippen molar-refractivity contribution in [3.63, 3.8) is 0 Å². The molecule has 0 amide bonds. The van der Waals surface area contributed by atoms with Crippen LogP contribution in [-0.2, 0) is 19.1 Å². The maximum Gasteiger partial charge on any atom is 0.327 e. The Morgan fingerprint density at radius 1 is 1.00 bits per heavy atom. The number of esters is 2. The number of ether oxygens (including phenoxy) is 3. The lowest BCUT2D eigenvalue weighted by atomic mass is 9.91. The Balaban J connectivity index is 3.05. The molecule has 0 spiro atoms. The van der Waals surface area contributed by atoms with Gasteiger partial charge in [-0.3, -0.25) is 9.59 Å². The molecule has 0 heterocycles. The fraction of sp³-hybridized carbons (Fsp3) is 0.294. The zero-order valence-electron chi connectivity index (χ0n) is 13.0. The predicted octanol–water partition coefficient (Wildman–Crippen LogP) is 2.37. The zero-order valence-corrected chi connectivity index (χ0v) is 13.0. The molecule has 5 heteroatoms. The van der Waals surface area contributed by atoms with Gasteiger partial charge in [-0.05, 0) is 36.8 Å². The van der Waals surface area contributed by atoms with E-state index in [-0.39, 0.29) is 0 Å². The highest BCUT2D eigenvalue weighted by Crippen LogP contribution is 2.21. The van der Waals surface area contributed by atoms with Crippen LogP contribution < -0.4 is 4.74 Å². The average Bonchev–Trinajstić information content (AvgIpc) is 2.57. The van der Waals surface area contributed by atoms with Crippen molar-refractivity contribution in [2.45, 2.75) is 6.92 Å². The highest BCUT2D eigenvalue weighted by atomic mass is 16.5. The molecule has 0 aliphatic rings. The van der Waals surface area contributed by atoms with E-state index < -0.39 is 17.4 Å². The second kappa shape index (κ2) is 7.89. The summed E-state index contributed by atoms with van der Waals surface area (Å²) in [5, 5.41) is 0. The third-order valence-corrected chi connectivity index (χ3v) is 3.02. The molecule has 0 aliphatic carbocycles. The smallest absolute Gasteiger partial charge is 0.327 e. The van der Waals surface area contributed by atoms with Gasteiger partial charge in [0.15, 0.2) is 5.41 Å². The van der Waals surface area contributed by atoms with Crippen molar-refractivity contribution >= 4 is 18.0 Å². The summed E-state index contributed by atoms with van der Waals surface area (Å²) < 4.78 is 14.3. The molecule has 1 aromatic carbocycles. The Labute approximate surface area is 129 Å². The molecule has 0 N–H and O–H groups in total. The Morgan fingerprint density at radius 2 is 1.55 bits per heavy atom. The van der Waals surface area contributed by atoms with E-state index >= 15 is 0 Å². The third-order valence-electron chi connectivity index (χ3n) is 3.02. The molecular formula is C17H18O5. The normalized spacial score (nSPS) is 9.82. The van der Waals surface area contributed by atoms with E-state index in [0.717, 1.165) is 11.3 Å². The Morgan fingerprint density at radius 3 is 2.00 bits per heavy atom. The standard InChI is InChI=1S/C17H18O5/c1-17(15(18)21-3,16(19)22-4)12-6-5-7-13-8-10-14(20-2)11-9-13/h7-12H,1-4H3. The highest BCUT2D eigenvalue weighted by molar-refractivity contribution is 6.01. The van der Waals surface area contributed by atoms with Crippen LogP contribution in [0.2, 0.25) is 0 Å². The number of hydrogen-bond donors (Lipinski definition) is 0. The van der Waals surface area contributed by atoms with Crippen LogP contribution in [0.1, 0.15) is 12.5 Å². The molecule has 5 nitrogen and oxygen atoms in total. The molecule has 0 bridgehead atoms. The average molecular weight is 302 g/mol.